The first-order chi connectivity index (χ1) is 11.5. The molecule has 128 valence electrons. The summed E-state index contributed by atoms with van der Waals surface area (Å²) in [4.78, 5) is 12.0. The SMILES string of the molecule is COc1ccc(CCC(=O)NCc2ccc(C)c(F)c2)cc1OC. The van der Waals surface area contributed by atoms with Gasteiger partial charge in [-0.15, -0.1) is 0 Å². The molecule has 0 unspecified atom stereocenters. The molecular weight excluding hydrogens is 309 g/mol. The molecule has 0 saturated heterocycles. The number of hydrogen-bond donors (Lipinski definition) is 1. The highest BCUT2D eigenvalue weighted by Gasteiger charge is 2.07. The van der Waals surface area contributed by atoms with Gasteiger partial charge in [0.25, 0.3) is 0 Å². The lowest BCUT2D eigenvalue weighted by molar-refractivity contribution is -0.121. The van der Waals surface area contributed by atoms with Crippen LogP contribution in [0.1, 0.15) is 23.1 Å². The summed E-state index contributed by atoms with van der Waals surface area (Å²) in [5.41, 5.74) is 2.33. The Morgan fingerprint density at radius 2 is 1.75 bits per heavy atom. The van der Waals surface area contributed by atoms with Gasteiger partial charge in [0.2, 0.25) is 5.91 Å². The van der Waals surface area contributed by atoms with E-state index in [9.17, 15) is 9.18 Å². The van der Waals surface area contributed by atoms with E-state index in [0.29, 0.717) is 36.4 Å². The van der Waals surface area contributed by atoms with Crippen LogP contribution in [0.4, 0.5) is 4.39 Å². The van der Waals surface area contributed by atoms with E-state index < -0.39 is 0 Å². The van der Waals surface area contributed by atoms with Crippen LogP contribution in [0.25, 0.3) is 0 Å². The van der Waals surface area contributed by atoms with Crippen molar-refractivity contribution >= 4 is 5.91 Å². The van der Waals surface area contributed by atoms with E-state index in [1.165, 1.54) is 6.07 Å². The zero-order valence-electron chi connectivity index (χ0n) is 14.2. The summed E-state index contributed by atoms with van der Waals surface area (Å²) in [6, 6.07) is 10.6. The maximum Gasteiger partial charge on any atom is 0.220 e. The molecule has 0 aliphatic rings. The summed E-state index contributed by atoms with van der Waals surface area (Å²) in [6.07, 6.45) is 0.943. The van der Waals surface area contributed by atoms with Gasteiger partial charge in [-0.05, 0) is 48.2 Å². The van der Waals surface area contributed by atoms with Gasteiger partial charge in [-0.2, -0.15) is 0 Å². The van der Waals surface area contributed by atoms with E-state index >= 15 is 0 Å². The van der Waals surface area contributed by atoms with Crippen molar-refractivity contribution in [3.63, 3.8) is 0 Å². The largest absolute Gasteiger partial charge is 0.493 e. The number of aryl methyl sites for hydroxylation is 2. The van der Waals surface area contributed by atoms with Gasteiger partial charge in [0.1, 0.15) is 5.82 Å². The molecule has 4 nitrogen and oxygen atoms in total. The van der Waals surface area contributed by atoms with Crippen molar-refractivity contribution in [1.82, 2.24) is 5.32 Å². The van der Waals surface area contributed by atoms with Crippen molar-refractivity contribution in [2.75, 3.05) is 14.2 Å². The lowest BCUT2D eigenvalue weighted by Crippen LogP contribution is -2.23. The molecule has 0 heterocycles. The second kappa shape index (κ2) is 8.34. The molecule has 0 bridgehead atoms. The number of carbonyl (C=O) groups is 1. The summed E-state index contributed by atoms with van der Waals surface area (Å²) in [5, 5.41) is 2.81. The van der Waals surface area contributed by atoms with Gasteiger partial charge in [0.05, 0.1) is 14.2 Å². The van der Waals surface area contributed by atoms with Gasteiger partial charge in [0, 0.05) is 13.0 Å². The molecule has 1 amide bonds. The highest BCUT2D eigenvalue weighted by atomic mass is 19.1. The van der Waals surface area contributed by atoms with E-state index in [-0.39, 0.29) is 11.7 Å². The minimum atomic E-state index is -0.257. The normalized spacial score (nSPS) is 10.3. The monoisotopic (exact) mass is 331 g/mol. The van der Waals surface area contributed by atoms with Gasteiger partial charge < -0.3 is 14.8 Å². The van der Waals surface area contributed by atoms with Gasteiger partial charge in [0.15, 0.2) is 11.5 Å². The Morgan fingerprint density at radius 3 is 2.42 bits per heavy atom. The molecule has 2 aromatic rings. The van der Waals surface area contributed by atoms with Crippen LogP contribution in [0.5, 0.6) is 11.5 Å². The van der Waals surface area contributed by atoms with Crippen LogP contribution < -0.4 is 14.8 Å². The summed E-state index contributed by atoms with van der Waals surface area (Å²) in [5.74, 6) is 0.968. The number of carbonyl (C=O) groups excluding carboxylic acids is 1. The predicted molar refractivity (Wildman–Crippen MR) is 90.9 cm³/mol. The Hall–Kier alpha value is -2.56. The van der Waals surface area contributed by atoms with Gasteiger partial charge in [-0.3, -0.25) is 4.79 Å². The maximum absolute atomic E-state index is 13.5. The minimum Gasteiger partial charge on any atom is -0.493 e. The summed E-state index contributed by atoms with van der Waals surface area (Å²) < 4.78 is 23.9. The number of benzene rings is 2. The number of halogens is 1. The standard InChI is InChI=1S/C19H22FNO3/c1-13-4-5-15(10-16(13)20)12-21-19(22)9-7-14-6-8-17(23-2)18(11-14)24-3/h4-6,8,10-11H,7,9,12H2,1-3H3,(H,21,22). The molecule has 0 atom stereocenters. The molecule has 1 N–H and O–H groups in total. The highest BCUT2D eigenvalue weighted by molar-refractivity contribution is 5.76. The average molecular weight is 331 g/mol. The Morgan fingerprint density at radius 1 is 1.04 bits per heavy atom. The number of methoxy groups -OCH3 is 2. The fourth-order valence-electron chi connectivity index (χ4n) is 2.33. The Bertz CT molecular complexity index is 716. The van der Waals surface area contributed by atoms with Gasteiger partial charge in [-0.1, -0.05) is 18.2 Å². The Balaban J connectivity index is 1.85. The molecule has 5 heteroatoms. The molecule has 24 heavy (non-hydrogen) atoms. The first-order valence-electron chi connectivity index (χ1n) is 7.76. The smallest absolute Gasteiger partial charge is 0.220 e. The second-order valence-corrected chi connectivity index (χ2v) is 5.55. The lowest BCUT2D eigenvalue weighted by atomic mass is 10.1. The van der Waals surface area contributed by atoms with E-state index in [1.54, 1.807) is 27.2 Å². The zero-order chi connectivity index (χ0) is 17.5. The molecule has 2 aromatic carbocycles. The zero-order valence-corrected chi connectivity index (χ0v) is 14.2. The van der Waals surface area contributed by atoms with Gasteiger partial charge >= 0.3 is 0 Å². The predicted octanol–water partition coefficient (Wildman–Crippen LogP) is 3.40. The maximum atomic E-state index is 13.5. The third-order valence-corrected chi connectivity index (χ3v) is 3.81. The lowest BCUT2D eigenvalue weighted by Gasteiger charge is -2.10. The number of nitrogens with one attached hydrogen (secondary N) is 1. The van der Waals surface area contributed by atoms with E-state index in [1.807, 2.05) is 24.3 Å². The van der Waals surface area contributed by atoms with Crippen LogP contribution in [-0.2, 0) is 17.8 Å². The van der Waals surface area contributed by atoms with E-state index in [0.717, 1.165) is 11.1 Å². The molecule has 2 rings (SSSR count). The summed E-state index contributed by atoms with van der Waals surface area (Å²) >= 11 is 0. The van der Waals surface area contributed by atoms with Crippen LogP contribution in [0.15, 0.2) is 36.4 Å². The highest BCUT2D eigenvalue weighted by Crippen LogP contribution is 2.27. The fourth-order valence-corrected chi connectivity index (χ4v) is 2.33. The number of ether oxygens (including phenoxy) is 2. The first kappa shape index (κ1) is 17.8. The van der Waals surface area contributed by atoms with E-state index in [2.05, 4.69) is 5.32 Å². The van der Waals surface area contributed by atoms with Crippen molar-refractivity contribution in [3.05, 3.63) is 58.9 Å². The third kappa shape index (κ3) is 4.72. The van der Waals surface area contributed by atoms with Crippen LogP contribution in [0, 0.1) is 12.7 Å². The third-order valence-electron chi connectivity index (χ3n) is 3.81. The van der Waals surface area contributed by atoms with Crippen LogP contribution >= 0.6 is 0 Å². The van der Waals surface area contributed by atoms with Crippen molar-refractivity contribution in [2.45, 2.75) is 26.3 Å². The minimum absolute atomic E-state index is 0.0780. The van der Waals surface area contributed by atoms with Crippen molar-refractivity contribution in [1.29, 1.82) is 0 Å². The summed E-state index contributed by atoms with van der Waals surface area (Å²) in [6.45, 7) is 2.03. The Kier molecular flexibility index (Phi) is 6.18. The fraction of sp³-hybridized carbons (Fsp3) is 0.316. The van der Waals surface area contributed by atoms with Crippen LogP contribution in [0.2, 0.25) is 0 Å². The van der Waals surface area contributed by atoms with E-state index in [4.69, 9.17) is 9.47 Å². The van der Waals surface area contributed by atoms with Crippen molar-refractivity contribution in [3.8, 4) is 11.5 Å². The van der Waals surface area contributed by atoms with Crippen molar-refractivity contribution in [2.24, 2.45) is 0 Å². The number of rotatable bonds is 7. The molecule has 0 spiro atoms. The molecule has 0 saturated carbocycles. The second-order valence-electron chi connectivity index (χ2n) is 5.55. The molecule has 0 aromatic heterocycles. The van der Waals surface area contributed by atoms with Crippen molar-refractivity contribution < 1.29 is 18.7 Å². The van der Waals surface area contributed by atoms with Crippen LogP contribution in [-0.4, -0.2) is 20.1 Å². The first-order valence-corrected chi connectivity index (χ1v) is 7.76. The molecular formula is C19H22FNO3. The number of amides is 1. The average Bonchev–Trinajstić information content (AvgIpc) is 2.60. The Labute approximate surface area is 141 Å². The molecule has 0 aliphatic carbocycles. The molecule has 0 fully saturated rings. The molecule has 0 aliphatic heterocycles. The molecule has 0 radical (unpaired) electrons. The van der Waals surface area contributed by atoms with Gasteiger partial charge in [-0.25, -0.2) is 4.39 Å². The topological polar surface area (TPSA) is 47.6 Å². The quantitative estimate of drug-likeness (QED) is 0.846. The van der Waals surface area contributed by atoms with Crippen LogP contribution in [0.3, 0.4) is 0 Å². The summed E-state index contributed by atoms with van der Waals surface area (Å²) in [7, 11) is 3.16. The number of hydrogen-bond acceptors (Lipinski definition) is 3.